The fraction of sp³-hybridized carbons (Fsp3) is 0.409. The summed E-state index contributed by atoms with van der Waals surface area (Å²) in [6.45, 7) is 11.7. The molecule has 0 aliphatic carbocycles. The van der Waals surface area contributed by atoms with Crippen molar-refractivity contribution in [2.24, 2.45) is 0 Å². The number of aryl methyl sites for hydroxylation is 1. The van der Waals surface area contributed by atoms with E-state index in [1.54, 1.807) is 0 Å². The van der Waals surface area contributed by atoms with Gasteiger partial charge in [-0.05, 0) is 53.9 Å². The van der Waals surface area contributed by atoms with E-state index in [2.05, 4.69) is 84.4 Å². The molecule has 0 aromatic heterocycles. The number of nitrogens with zero attached hydrogens (tertiary/aromatic N) is 2. The number of rotatable bonds is 4. The quantitative estimate of drug-likeness (QED) is 0.794. The van der Waals surface area contributed by atoms with Gasteiger partial charge in [0.15, 0.2) is 5.11 Å². The molecule has 1 N–H and O–H groups in total. The standard InChI is InChI=1S/C22H29N3S/c1-17(2)19-8-10-21(11-9-19)23-22(26)25-14-12-24(13-15-25)16-20-7-5-4-6-18(20)3/h4-11,17H,12-16H2,1-3H3,(H,23,26). The zero-order chi connectivity index (χ0) is 18.5. The molecule has 0 unspecified atom stereocenters. The van der Waals surface area contributed by atoms with Gasteiger partial charge in [-0.2, -0.15) is 0 Å². The van der Waals surface area contributed by atoms with Crippen LogP contribution in [0.1, 0.15) is 36.5 Å². The molecular formula is C22H29N3S. The molecule has 1 fully saturated rings. The lowest BCUT2D eigenvalue weighted by atomic mass is 10.0. The predicted molar refractivity (Wildman–Crippen MR) is 115 cm³/mol. The summed E-state index contributed by atoms with van der Waals surface area (Å²) in [6.07, 6.45) is 0. The van der Waals surface area contributed by atoms with Crippen LogP contribution < -0.4 is 5.32 Å². The number of piperazine rings is 1. The highest BCUT2D eigenvalue weighted by Gasteiger charge is 2.19. The molecule has 3 rings (SSSR count). The van der Waals surface area contributed by atoms with Gasteiger partial charge in [0.2, 0.25) is 0 Å². The number of benzene rings is 2. The summed E-state index contributed by atoms with van der Waals surface area (Å²) in [5.74, 6) is 0.553. The van der Waals surface area contributed by atoms with Gasteiger partial charge in [0, 0.05) is 38.4 Å². The molecule has 0 atom stereocenters. The van der Waals surface area contributed by atoms with E-state index in [1.165, 1.54) is 16.7 Å². The lowest BCUT2D eigenvalue weighted by Gasteiger charge is -2.36. The van der Waals surface area contributed by atoms with Gasteiger partial charge in [0.1, 0.15) is 0 Å². The maximum Gasteiger partial charge on any atom is 0.173 e. The minimum absolute atomic E-state index is 0.553. The number of nitrogens with one attached hydrogen (secondary N) is 1. The highest BCUT2D eigenvalue weighted by Crippen LogP contribution is 2.18. The van der Waals surface area contributed by atoms with Crippen molar-refractivity contribution in [1.29, 1.82) is 0 Å². The summed E-state index contributed by atoms with van der Waals surface area (Å²) in [7, 11) is 0. The molecular weight excluding hydrogens is 338 g/mol. The lowest BCUT2D eigenvalue weighted by Crippen LogP contribution is -2.49. The van der Waals surface area contributed by atoms with E-state index in [0.717, 1.165) is 43.5 Å². The van der Waals surface area contributed by atoms with Crippen molar-refractivity contribution in [2.75, 3.05) is 31.5 Å². The smallest absolute Gasteiger partial charge is 0.173 e. The molecule has 138 valence electrons. The molecule has 0 saturated carbocycles. The lowest BCUT2D eigenvalue weighted by molar-refractivity contribution is 0.176. The van der Waals surface area contributed by atoms with Crippen LogP contribution >= 0.6 is 12.2 Å². The second-order valence-corrected chi connectivity index (χ2v) is 7.78. The minimum Gasteiger partial charge on any atom is -0.346 e. The van der Waals surface area contributed by atoms with Crippen LogP contribution in [0.2, 0.25) is 0 Å². The molecule has 0 bridgehead atoms. The van der Waals surface area contributed by atoms with Gasteiger partial charge in [-0.15, -0.1) is 0 Å². The van der Waals surface area contributed by atoms with Gasteiger partial charge in [-0.3, -0.25) is 4.90 Å². The van der Waals surface area contributed by atoms with E-state index in [4.69, 9.17) is 12.2 Å². The fourth-order valence-corrected chi connectivity index (χ4v) is 3.59. The third-order valence-electron chi connectivity index (χ3n) is 5.14. The van der Waals surface area contributed by atoms with Crippen molar-refractivity contribution in [2.45, 2.75) is 33.2 Å². The van der Waals surface area contributed by atoms with E-state index in [9.17, 15) is 0 Å². The SMILES string of the molecule is Cc1ccccc1CN1CCN(C(=S)Nc2ccc(C(C)C)cc2)CC1. The maximum absolute atomic E-state index is 5.63. The predicted octanol–water partition coefficient (Wildman–Crippen LogP) is 4.63. The Balaban J connectivity index is 1.49. The zero-order valence-electron chi connectivity index (χ0n) is 16.0. The summed E-state index contributed by atoms with van der Waals surface area (Å²) in [5.41, 5.74) is 5.22. The van der Waals surface area contributed by atoms with Crippen LogP contribution in [0.3, 0.4) is 0 Å². The summed E-state index contributed by atoms with van der Waals surface area (Å²) >= 11 is 5.63. The van der Waals surface area contributed by atoms with Gasteiger partial charge >= 0.3 is 0 Å². The minimum atomic E-state index is 0.553. The summed E-state index contributed by atoms with van der Waals surface area (Å²) in [4.78, 5) is 4.79. The Morgan fingerprint density at radius 3 is 2.27 bits per heavy atom. The van der Waals surface area contributed by atoms with Crippen LogP contribution in [0.5, 0.6) is 0 Å². The van der Waals surface area contributed by atoms with Gasteiger partial charge in [0.05, 0.1) is 0 Å². The molecule has 26 heavy (non-hydrogen) atoms. The molecule has 0 radical (unpaired) electrons. The van der Waals surface area contributed by atoms with Crippen LogP contribution in [0, 0.1) is 6.92 Å². The molecule has 0 amide bonds. The van der Waals surface area contributed by atoms with Crippen molar-refractivity contribution in [3.63, 3.8) is 0 Å². The first-order chi connectivity index (χ1) is 12.5. The molecule has 1 heterocycles. The second kappa shape index (κ2) is 8.65. The van der Waals surface area contributed by atoms with Crippen LogP contribution in [0.25, 0.3) is 0 Å². The van der Waals surface area contributed by atoms with Crippen molar-refractivity contribution in [1.82, 2.24) is 9.80 Å². The molecule has 2 aromatic rings. The monoisotopic (exact) mass is 367 g/mol. The zero-order valence-corrected chi connectivity index (χ0v) is 16.9. The number of hydrogen-bond acceptors (Lipinski definition) is 2. The topological polar surface area (TPSA) is 18.5 Å². The molecule has 3 nitrogen and oxygen atoms in total. The third-order valence-corrected chi connectivity index (χ3v) is 5.50. The Morgan fingerprint density at radius 2 is 1.65 bits per heavy atom. The maximum atomic E-state index is 5.63. The summed E-state index contributed by atoms with van der Waals surface area (Å²) < 4.78 is 0. The second-order valence-electron chi connectivity index (χ2n) is 7.40. The first-order valence-corrected chi connectivity index (χ1v) is 9.86. The first-order valence-electron chi connectivity index (χ1n) is 9.45. The van der Waals surface area contributed by atoms with Crippen molar-refractivity contribution >= 4 is 23.0 Å². The highest BCUT2D eigenvalue weighted by molar-refractivity contribution is 7.80. The number of thiocarbonyl (C=S) groups is 1. The number of hydrogen-bond donors (Lipinski definition) is 1. The van der Waals surface area contributed by atoms with E-state index in [-0.39, 0.29) is 0 Å². The Bertz CT molecular complexity index is 731. The molecule has 1 aliphatic rings. The van der Waals surface area contributed by atoms with Gasteiger partial charge in [0.25, 0.3) is 0 Å². The van der Waals surface area contributed by atoms with E-state index >= 15 is 0 Å². The molecule has 4 heteroatoms. The molecule has 1 saturated heterocycles. The van der Waals surface area contributed by atoms with E-state index < -0.39 is 0 Å². The first kappa shape index (κ1) is 18.9. The largest absolute Gasteiger partial charge is 0.346 e. The van der Waals surface area contributed by atoms with Crippen LogP contribution in [0.4, 0.5) is 5.69 Å². The highest BCUT2D eigenvalue weighted by atomic mass is 32.1. The van der Waals surface area contributed by atoms with Gasteiger partial charge in [-0.25, -0.2) is 0 Å². The van der Waals surface area contributed by atoms with E-state index in [1.807, 2.05) is 0 Å². The Kier molecular flexibility index (Phi) is 6.28. The van der Waals surface area contributed by atoms with Gasteiger partial charge < -0.3 is 10.2 Å². The summed E-state index contributed by atoms with van der Waals surface area (Å²) in [5, 5.41) is 4.22. The average Bonchev–Trinajstić information content (AvgIpc) is 2.64. The van der Waals surface area contributed by atoms with E-state index in [0.29, 0.717) is 5.92 Å². The summed E-state index contributed by atoms with van der Waals surface area (Å²) in [6, 6.07) is 17.2. The van der Waals surface area contributed by atoms with Gasteiger partial charge in [-0.1, -0.05) is 50.2 Å². The fourth-order valence-electron chi connectivity index (χ4n) is 3.29. The van der Waals surface area contributed by atoms with Crippen molar-refractivity contribution in [3.8, 4) is 0 Å². The van der Waals surface area contributed by atoms with Crippen molar-refractivity contribution in [3.05, 3.63) is 65.2 Å². The van der Waals surface area contributed by atoms with Crippen LogP contribution in [0.15, 0.2) is 48.5 Å². The molecule has 0 spiro atoms. The van der Waals surface area contributed by atoms with Crippen LogP contribution in [-0.4, -0.2) is 41.1 Å². The Morgan fingerprint density at radius 1 is 1.00 bits per heavy atom. The van der Waals surface area contributed by atoms with Crippen molar-refractivity contribution < 1.29 is 0 Å². The normalized spacial score (nSPS) is 15.3. The number of anilines is 1. The average molecular weight is 368 g/mol. The van der Waals surface area contributed by atoms with Crippen LogP contribution in [-0.2, 0) is 6.54 Å². The third kappa shape index (κ3) is 4.83. The molecule has 2 aromatic carbocycles. The Hall–Kier alpha value is -1.91. The Labute approximate surface area is 163 Å². The molecule has 1 aliphatic heterocycles.